The van der Waals surface area contributed by atoms with E-state index in [1.165, 1.54) is 12.8 Å². The Kier molecular flexibility index (Phi) is 4.73. The van der Waals surface area contributed by atoms with E-state index in [4.69, 9.17) is 11.6 Å². The van der Waals surface area contributed by atoms with Crippen LogP contribution in [0.2, 0.25) is 0 Å². The number of rotatable bonds is 3. The zero-order chi connectivity index (χ0) is 10.6. The second kappa shape index (κ2) is 5.59. The third-order valence-corrected chi connectivity index (χ3v) is 3.15. The standard InChI is InChI=1S/C11H20ClNO/c1-9(2)6-7-10-5-3-4-8-13(10)11(12)14/h9-10H,3-8H2,1-2H3. The summed E-state index contributed by atoms with van der Waals surface area (Å²) in [6.45, 7) is 5.29. The number of likely N-dealkylation sites (tertiary alicyclic amines) is 1. The number of amides is 1. The van der Waals surface area contributed by atoms with Gasteiger partial charge in [-0.1, -0.05) is 13.8 Å². The van der Waals surface area contributed by atoms with Gasteiger partial charge in [0.2, 0.25) is 0 Å². The topological polar surface area (TPSA) is 20.3 Å². The highest BCUT2D eigenvalue weighted by Crippen LogP contribution is 2.23. The molecule has 0 bridgehead atoms. The highest BCUT2D eigenvalue weighted by atomic mass is 35.5. The lowest BCUT2D eigenvalue weighted by Gasteiger charge is -2.34. The normalized spacial score (nSPS) is 22.9. The molecule has 1 rings (SSSR count). The number of carbonyl (C=O) groups is 1. The quantitative estimate of drug-likeness (QED) is 0.522. The second-order valence-electron chi connectivity index (χ2n) is 4.57. The molecule has 1 aliphatic heterocycles. The molecule has 82 valence electrons. The lowest BCUT2D eigenvalue weighted by Crippen LogP contribution is -2.41. The van der Waals surface area contributed by atoms with Gasteiger partial charge < -0.3 is 4.90 Å². The maximum absolute atomic E-state index is 11.1. The fraction of sp³-hybridized carbons (Fsp3) is 0.909. The average molecular weight is 218 g/mol. The van der Waals surface area contributed by atoms with Crippen LogP contribution in [-0.4, -0.2) is 22.9 Å². The molecule has 0 N–H and O–H groups in total. The summed E-state index contributed by atoms with van der Waals surface area (Å²) in [5, 5.41) is -0.265. The van der Waals surface area contributed by atoms with E-state index in [0.717, 1.165) is 25.8 Å². The first-order valence-corrected chi connectivity index (χ1v) is 5.95. The van der Waals surface area contributed by atoms with Gasteiger partial charge in [-0.3, -0.25) is 4.79 Å². The molecule has 1 unspecified atom stereocenters. The van der Waals surface area contributed by atoms with Gasteiger partial charge in [0.15, 0.2) is 0 Å². The summed E-state index contributed by atoms with van der Waals surface area (Å²) in [6.07, 6.45) is 5.77. The minimum Gasteiger partial charge on any atom is -0.326 e. The molecule has 0 aromatic heterocycles. The van der Waals surface area contributed by atoms with E-state index in [9.17, 15) is 4.79 Å². The van der Waals surface area contributed by atoms with Crippen molar-refractivity contribution in [2.45, 2.75) is 52.0 Å². The van der Waals surface area contributed by atoms with Crippen LogP contribution in [0.5, 0.6) is 0 Å². The van der Waals surface area contributed by atoms with E-state index in [1.807, 2.05) is 4.90 Å². The Hall–Kier alpha value is -0.240. The van der Waals surface area contributed by atoms with E-state index >= 15 is 0 Å². The lowest BCUT2D eigenvalue weighted by molar-refractivity contribution is 0.163. The molecular weight excluding hydrogens is 198 g/mol. The van der Waals surface area contributed by atoms with E-state index in [2.05, 4.69) is 13.8 Å². The molecule has 0 spiro atoms. The van der Waals surface area contributed by atoms with E-state index in [-0.39, 0.29) is 5.37 Å². The van der Waals surface area contributed by atoms with Gasteiger partial charge in [-0.25, -0.2) is 0 Å². The molecule has 1 fully saturated rings. The van der Waals surface area contributed by atoms with Gasteiger partial charge in [0.25, 0.3) is 0 Å². The van der Waals surface area contributed by atoms with Crippen LogP contribution < -0.4 is 0 Å². The van der Waals surface area contributed by atoms with Gasteiger partial charge in [0, 0.05) is 12.6 Å². The first-order chi connectivity index (χ1) is 6.61. The molecule has 0 saturated carbocycles. The van der Waals surface area contributed by atoms with Gasteiger partial charge in [0.05, 0.1) is 0 Å². The minimum atomic E-state index is -0.265. The van der Waals surface area contributed by atoms with Gasteiger partial charge in [0.1, 0.15) is 0 Å². The van der Waals surface area contributed by atoms with Crippen LogP contribution in [0, 0.1) is 5.92 Å². The van der Waals surface area contributed by atoms with Crippen molar-refractivity contribution in [1.82, 2.24) is 4.90 Å². The molecule has 0 radical (unpaired) electrons. The first kappa shape index (κ1) is 11.8. The summed E-state index contributed by atoms with van der Waals surface area (Å²) < 4.78 is 0. The molecule has 0 aromatic rings. The Labute approximate surface area is 91.6 Å². The predicted octanol–water partition coefficient (Wildman–Crippen LogP) is 3.64. The Balaban J connectivity index is 2.42. The van der Waals surface area contributed by atoms with Crippen molar-refractivity contribution in [2.75, 3.05) is 6.54 Å². The molecule has 1 aliphatic rings. The first-order valence-electron chi connectivity index (χ1n) is 5.57. The Morgan fingerprint density at radius 2 is 2.21 bits per heavy atom. The molecule has 0 aromatic carbocycles. The van der Waals surface area contributed by atoms with Crippen LogP contribution in [0.3, 0.4) is 0 Å². The van der Waals surface area contributed by atoms with Gasteiger partial charge in [-0.2, -0.15) is 0 Å². The number of halogens is 1. The van der Waals surface area contributed by atoms with Crippen molar-refractivity contribution in [1.29, 1.82) is 0 Å². The summed E-state index contributed by atoms with van der Waals surface area (Å²) >= 11 is 5.55. The maximum Gasteiger partial charge on any atom is 0.316 e. The average Bonchev–Trinajstić information content (AvgIpc) is 2.15. The number of carbonyl (C=O) groups excluding carboxylic acids is 1. The maximum atomic E-state index is 11.1. The van der Waals surface area contributed by atoms with Gasteiger partial charge >= 0.3 is 5.37 Å². The molecule has 1 atom stereocenters. The molecule has 0 aliphatic carbocycles. The Bertz CT molecular complexity index is 194. The number of nitrogens with zero attached hydrogens (tertiary/aromatic N) is 1. The summed E-state index contributed by atoms with van der Waals surface area (Å²) in [5.41, 5.74) is 0. The second-order valence-corrected chi connectivity index (χ2v) is 4.89. The molecule has 2 nitrogen and oxygen atoms in total. The number of hydrogen-bond donors (Lipinski definition) is 0. The zero-order valence-electron chi connectivity index (χ0n) is 9.13. The van der Waals surface area contributed by atoms with Crippen LogP contribution in [0.15, 0.2) is 0 Å². The molecule has 1 saturated heterocycles. The monoisotopic (exact) mass is 217 g/mol. The SMILES string of the molecule is CC(C)CCC1CCCCN1C(=O)Cl. The smallest absolute Gasteiger partial charge is 0.316 e. The molecule has 1 amide bonds. The fourth-order valence-corrected chi connectivity index (χ4v) is 2.28. The third kappa shape index (κ3) is 3.49. The molecule has 14 heavy (non-hydrogen) atoms. The van der Waals surface area contributed by atoms with Crippen molar-refractivity contribution in [3.63, 3.8) is 0 Å². The van der Waals surface area contributed by atoms with Crippen LogP contribution in [0.4, 0.5) is 4.79 Å². The van der Waals surface area contributed by atoms with Crippen molar-refractivity contribution in [2.24, 2.45) is 5.92 Å². The van der Waals surface area contributed by atoms with Gasteiger partial charge in [-0.15, -0.1) is 0 Å². The lowest BCUT2D eigenvalue weighted by atomic mass is 9.95. The molecule has 1 heterocycles. The van der Waals surface area contributed by atoms with Crippen LogP contribution in [0.25, 0.3) is 0 Å². The van der Waals surface area contributed by atoms with Gasteiger partial charge in [-0.05, 0) is 49.6 Å². The highest BCUT2D eigenvalue weighted by Gasteiger charge is 2.25. The predicted molar refractivity (Wildman–Crippen MR) is 59.7 cm³/mol. The van der Waals surface area contributed by atoms with E-state index < -0.39 is 0 Å². The van der Waals surface area contributed by atoms with Crippen molar-refractivity contribution in [3.8, 4) is 0 Å². The Morgan fingerprint density at radius 3 is 2.79 bits per heavy atom. The summed E-state index contributed by atoms with van der Waals surface area (Å²) in [6, 6.07) is 0.399. The van der Waals surface area contributed by atoms with Crippen molar-refractivity contribution >= 4 is 17.0 Å². The number of hydrogen-bond acceptors (Lipinski definition) is 1. The minimum absolute atomic E-state index is 0.265. The summed E-state index contributed by atoms with van der Waals surface area (Å²) in [7, 11) is 0. The summed E-state index contributed by atoms with van der Waals surface area (Å²) in [5.74, 6) is 0.712. The zero-order valence-corrected chi connectivity index (χ0v) is 9.89. The Morgan fingerprint density at radius 1 is 1.50 bits per heavy atom. The third-order valence-electron chi connectivity index (χ3n) is 2.93. The van der Waals surface area contributed by atoms with E-state index in [1.54, 1.807) is 0 Å². The highest BCUT2D eigenvalue weighted by molar-refractivity contribution is 6.62. The largest absolute Gasteiger partial charge is 0.326 e. The van der Waals surface area contributed by atoms with Crippen LogP contribution >= 0.6 is 11.6 Å². The van der Waals surface area contributed by atoms with Crippen LogP contribution in [-0.2, 0) is 0 Å². The fourth-order valence-electron chi connectivity index (χ4n) is 2.06. The van der Waals surface area contributed by atoms with Crippen molar-refractivity contribution in [3.05, 3.63) is 0 Å². The molecular formula is C11H20ClNO. The number of piperidine rings is 1. The van der Waals surface area contributed by atoms with Crippen LogP contribution in [0.1, 0.15) is 46.0 Å². The summed E-state index contributed by atoms with van der Waals surface area (Å²) in [4.78, 5) is 13.0. The van der Waals surface area contributed by atoms with E-state index in [0.29, 0.717) is 12.0 Å². The molecule has 3 heteroatoms. The van der Waals surface area contributed by atoms with Crippen molar-refractivity contribution < 1.29 is 4.79 Å².